The Balaban J connectivity index is 0.000001000. The number of hydrogen-bond acceptors (Lipinski definition) is 3. The molecule has 0 unspecified atom stereocenters. The first-order valence-electron chi connectivity index (χ1n) is 2.70. The molecule has 0 bridgehead atoms. The van der Waals surface area contributed by atoms with Gasteiger partial charge in [-0.1, -0.05) is 12.1 Å². The highest BCUT2D eigenvalue weighted by atomic mass is 16.6. The second-order valence-electron chi connectivity index (χ2n) is 1.82. The number of nitro groups is 1. The zero-order valence-corrected chi connectivity index (χ0v) is 5.73. The molecule has 0 saturated heterocycles. The average molecular weight is 149 g/mol. The molecule has 0 aliphatic rings. The van der Waals surface area contributed by atoms with Crippen LogP contribution >= 0.6 is 0 Å². The largest absolute Gasteiger partial charge is 0.393 e. The van der Waals surface area contributed by atoms with Crippen LogP contribution in [-0.4, -0.2) is 13.3 Å². The molecule has 0 aliphatic heterocycles. The van der Waals surface area contributed by atoms with Crippen molar-refractivity contribution in [2.75, 3.05) is 5.73 Å². The number of anilines is 1. The summed E-state index contributed by atoms with van der Waals surface area (Å²) in [6.07, 6.45) is 0. The Bertz CT molecular complexity index is 265. The van der Waals surface area contributed by atoms with Gasteiger partial charge in [0.2, 0.25) is 0 Å². The number of nitrogens with zero attached hydrogens (tertiary/aromatic N) is 1. The maximum absolute atomic E-state index is 10.1. The molecule has 55 valence electrons. The molecule has 1 rings (SSSR count). The molecule has 0 amide bonds. The maximum atomic E-state index is 10.1. The molecule has 1 aromatic carbocycles. The predicted molar refractivity (Wildman–Crippen MR) is 43.3 cm³/mol. The maximum Gasteiger partial charge on any atom is 0.292 e. The van der Waals surface area contributed by atoms with Gasteiger partial charge in [-0.3, -0.25) is 10.1 Å². The van der Waals surface area contributed by atoms with Gasteiger partial charge in [-0.25, -0.2) is 0 Å². The van der Waals surface area contributed by atoms with E-state index < -0.39 is 4.92 Å². The Morgan fingerprint density at radius 2 is 1.91 bits per heavy atom. The van der Waals surface area contributed by atoms with Gasteiger partial charge in [-0.2, -0.15) is 0 Å². The van der Waals surface area contributed by atoms with E-state index in [9.17, 15) is 10.1 Å². The van der Waals surface area contributed by atoms with E-state index in [4.69, 9.17) is 5.73 Å². The van der Waals surface area contributed by atoms with Crippen molar-refractivity contribution < 1.29 is 4.92 Å². The smallest absolute Gasteiger partial charge is 0.292 e. The van der Waals surface area contributed by atoms with E-state index in [2.05, 4.69) is 0 Å². The fourth-order valence-corrected chi connectivity index (χ4v) is 0.654. The van der Waals surface area contributed by atoms with Crippen molar-refractivity contribution >= 4 is 19.8 Å². The Labute approximate surface area is 65.7 Å². The van der Waals surface area contributed by atoms with E-state index in [1.807, 2.05) is 0 Å². The lowest BCUT2D eigenvalue weighted by Crippen LogP contribution is -1.93. The van der Waals surface area contributed by atoms with E-state index in [1.165, 1.54) is 12.1 Å². The van der Waals surface area contributed by atoms with Crippen molar-refractivity contribution in [2.45, 2.75) is 0 Å². The van der Waals surface area contributed by atoms with Gasteiger partial charge in [0.25, 0.3) is 5.69 Å². The van der Waals surface area contributed by atoms with E-state index >= 15 is 0 Å². The van der Waals surface area contributed by atoms with Gasteiger partial charge in [0, 0.05) is 14.5 Å². The van der Waals surface area contributed by atoms with Crippen molar-refractivity contribution in [3.05, 3.63) is 34.4 Å². The van der Waals surface area contributed by atoms with Crippen LogP contribution in [0.5, 0.6) is 0 Å². The first-order valence-corrected chi connectivity index (χ1v) is 2.70. The molecule has 1 aromatic rings. The molecule has 0 saturated carbocycles. The predicted octanol–water partition coefficient (Wildman–Crippen LogP) is 0.796. The minimum absolute atomic E-state index is 0. The second-order valence-corrected chi connectivity index (χ2v) is 1.82. The van der Waals surface area contributed by atoms with E-state index in [-0.39, 0.29) is 19.8 Å². The molecule has 11 heavy (non-hydrogen) atoms. The monoisotopic (exact) mass is 149 g/mol. The third kappa shape index (κ3) is 1.96. The van der Waals surface area contributed by atoms with Crippen molar-refractivity contribution in [1.29, 1.82) is 0 Å². The molecule has 3 radical (unpaired) electrons. The van der Waals surface area contributed by atoms with Gasteiger partial charge >= 0.3 is 0 Å². The van der Waals surface area contributed by atoms with E-state index in [1.54, 1.807) is 12.1 Å². The summed E-state index contributed by atoms with van der Waals surface area (Å²) >= 11 is 0. The van der Waals surface area contributed by atoms with E-state index in [0.717, 1.165) is 0 Å². The molecule has 4 nitrogen and oxygen atoms in total. The molecule has 2 N–H and O–H groups in total. The number of rotatable bonds is 1. The summed E-state index contributed by atoms with van der Waals surface area (Å²) in [7, 11) is 0. The summed E-state index contributed by atoms with van der Waals surface area (Å²) in [6.45, 7) is 0. The van der Waals surface area contributed by atoms with Gasteiger partial charge in [-0.15, -0.1) is 0 Å². The van der Waals surface area contributed by atoms with Gasteiger partial charge in [0.05, 0.1) is 4.92 Å². The van der Waals surface area contributed by atoms with Gasteiger partial charge in [-0.05, 0) is 6.07 Å². The van der Waals surface area contributed by atoms with Crippen LogP contribution in [0.4, 0.5) is 11.4 Å². The fourth-order valence-electron chi connectivity index (χ4n) is 0.654. The van der Waals surface area contributed by atoms with E-state index in [0.29, 0.717) is 0 Å². The number of benzene rings is 1. The van der Waals surface area contributed by atoms with Crippen molar-refractivity contribution in [3.8, 4) is 0 Å². The van der Waals surface area contributed by atoms with Crippen LogP contribution in [0.1, 0.15) is 0 Å². The number of hydrogen-bond donors (Lipinski definition) is 1. The number of nitro benzene ring substituents is 1. The summed E-state index contributed by atoms with van der Waals surface area (Å²) in [5.41, 5.74) is 5.44. The fraction of sp³-hybridized carbons (Fsp3) is 0. The molecule has 0 aromatic heterocycles. The lowest BCUT2D eigenvalue weighted by molar-refractivity contribution is -0.383. The molecule has 0 aliphatic carbocycles. The highest BCUT2D eigenvalue weighted by molar-refractivity contribution is 5.75. The highest BCUT2D eigenvalue weighted by Gasteiger charge is 2.07. The Morgan fingerprint density at radius 1 is 1.36 bits per heavy atom. The lowest BCUT2D eigenvalue weighted by Gasteiger charge is -1.92. The molecule has 0 fully saturated rings. The SMILES string of the molecule is Nc1ccccc1[N+](=O)[O-].[B]. The Hall–Kier alpha value is -1.52. The van der Waals surface area contributed by atoms with Gasteiger partial charge in [0.15, 0.2) is 0 Å². The van der Waals surface area contributed by atoms with Crippen molar-refractivity contribution in [3.63, 3.8) is 0 Å². The third-order valence-corrected chi connectivity index (χ3v) is 1.13. The van der Waals surface area contributed by atoms with Crippen molar-refractivity contribution in [1.82, 2.24) is 0 Å². The summed E-state index contributed by atoms with van der Waals surface area (Å²) in [5.74, 6) is 0. The van der Waals surface area contributed by atoms with Crippen LogP contribution in [0, 0.1) is 10.1 Å². The number of nitrogens with two attached hydrogens (primary N) is 1. The molecular weight excluding hydrogens is 143 g/mol. The van der Waals surface area contributed by atoms with Crippen LogP contribution in [-0.2, 0) is 0 Å². The lowest BCUT2D eigenvalue weighted by atomic mass is 10.3. The molecule has 5 heteroatoms. The average Bonchev–Trinajstić information content (AvgIpc) is 1.88. The van der Waals surface area contributed by atoms with Crippen LogP contribution < -0.4 is 5.73 Å². The van der Waals surface area contributed by atoms with Crippen LogP contribution in [0.2, 0.25) is 0 Å². The third-order valence-electron chi connectivity index (χ3n) is 1.13. The molecular formula is C6H6BN2O2. The van der Waals surface area contributed by atoms with Gasteiger partial charge in [0.1, 0.15) is 5.69 Å². The normalized spacial score (nSPS) is 8.36. The summed E-state index contributed by atoms with van der Waals surface area (Å²) < 4.78 is 0. The second kappa shape index (κ2) is 3.60. The van der Waals surface area contributed by atoms with Crippen molar-refractivity contribution in [2.24, 2.45) is 0 Å². The summed E-state index contributed by atoms with van der Waals surface area (Å²) in [5, 5.41) is 10.1. The van der Waals surface area contributed by atoms with Crippen LogP contribution in [0.15, 0.2) is 24.3 Å². The minimum atomic E-state index is -0.505. The standard InChI is InChI=1S/C6H6N2O2.B/c7-5-3-1-2-4-6(5)8(9)10;/h1-4H,7H2;. The summed E-state index contributed by atoms with van der Waals surface area (Å²) in [4.78, 5) is 9.64. The quantitative estimate of drug-likeness (QED) is 0.277. The topological polar surface area (TPSA) is 69.2 Å². The van der Waals surface area contributed by atoms with Crippen LogP contribution in [0.25, 0.3) is 0 Å². The molecule has 0 spiro atoms. The Kier molecular flexibility index (Phi) is 3.11. The first kappa shape index (κ1) is 9.48. The first-order chi connectivity index (χ1) is 4.72. The minimum Gasteiger partial charge on any atom is -0.393 e. The zero-order valence-electron chi connectivity index (χ0n) is 5.73. The molecule has 0 atom stereocenters. The number of para-hydroxylation sites is 2. The van der Waals surface area contributed by atoms with Gasteiger partial charge < -0.3 is 5.73 Å². The highest BCUT2D eigenvalue weighted by Crippen LogP contribution is 2.18. The summed E-state index contributed by atoms with van der Waals surface area (Å²) in [6, 6.07) is 6.10. The zero-order chi connectivity index (χ0) is 7.56. The number of nitrogen functional groups attached to an aromatic ring is 1. The molecule has 0 heterocycles. The van der Waals surface area contributed by atoms with Crippen LogP contribution in [0.3, 0.4) is 0 Å². The Morgan fingerprint density at radius 3 is 2.27 bits per heavy atom.